The van der Waals surface area contributed by atoms with Gasteiger partial charge in [0.1, 0.15) is 12.2 Å². The van der Waals surface area contributed by atoms with Gasteiger partial charge in [0, 0.05) is 24.5 Å². The van der Waals surface area contributed by atoms with E-state index in [9.17, 15) is 4.79 Å². The molecule has 5 nitrogen and oxygen atoms in total. The largest absolute Gasteiger partial charge is 0.294 e. The quantitative estimate of drug-likeness (QED) is 0.788. The van der Waals surface area contributed by atoms with Crippen LogP contribution in [0.15, 0.2) is 24.8 Å². The van der Waals surface area contributed by atoms with E-state index in [0.29, 0.717) is 22.3 Å². The lowest BCUT2D eigenvalue weighted by Crippen LogP contribution is -2.14. The summed E-state index contributed by atoms with van der Waals surface area (Å²) >= 11 is 5.96. The molecule has 0 saturated heterocycles. The molecular formula is C13H15ClN4O. The molecule has 0 unspecified atom stereocenters. The molecule has 0 aromatic carbocycles. The van der Waals surface area contributed by atoms with Crippen molar-refractivity contribution in [1.29, 1.82) is 0 Å². The zero-order chi connectivity index (χ0) is 13.8. The standard InChI is InChI=1S/C13H15ClN4O/c1-9(2)7-18-13(16-8-17-18)5-12(19)10-3-4-15-6-11(10)14/h3-4,6,8-9H,5,7H2,1-2H3. The highest BCUT2D eigenvalue weighted by atomic mass is 35.5. The van der Waals surface area contributed by atoms with Gasteiger partial charge < -0.3 is 0 Å². The first kappa shape index (κ1) is 13.7. The van der Waals surface area contributed by atoms with Crippen LogP contribution in [0.2, 0.25) is 5.02 Å². The Hall–Kier alpha value is -1.75. The van der Waals surface area contributed by atoms with Crippen molar-refractivity contribution in [2.75, 3.05) is 0 Å². The minimum Gasteiger partial charge on any atom is -0.294 e. The molecule has 2 aromatic rings. The number of pyridine rings is 1. The summed E-state index contributed by atoms with van der Waals surface area (Å²) in [5.74, 6) is 1.03. The second-order valence-electron chi connectivity index (χ2n) is 4.71. The number of carbonyl (C=O) groups excluding carboxylic acids is 1. The van der Waals surface area contributed by atoms with Crippen LogP contribution in [0.4, 0.5) is 0 Å². The molecule has 2 aromatic heterocycles. The Morgan fingerprint density at radius 1 is 1.47 bits per heavy atom. The number of aromatic nitrogens is 4. The van der Waals surface area contributed by atoms with E-state index in [1.165, 1.54) is 12.5 Å². The van der Waals surface area contributed by atoms with Crippen molar-refractivity contribution in [2.24, 2.45) is 5.92 Å². The van der Waals surface area contributed by atoms with E-state index in [-0.39, 0.29) is 12.2 Å². The molecule has 0 atom stereocenters. The first-order valence-corrected chi connectivity index (χ1v) is 6.45. The molecule has 6 heteroatoms. The van der Waals surface area contributed by atoms with Crippen LogP contribution in [0.5, 0.6) is 0 Å². The van der Waals surface area contributed by atoms with Crippen molar-refractivity contribution in [3.63, 3.8) is 0 Å². The maximum Gasteiger partial charge on any atom is 0.172 e. The maximum atomic E-state index is 12.2. The van der Waals surface area contributed by atoms with Gasteiger partial charge in [-0.3, -0.25) is 9.78 Å². The summed E-state index contributed by atoms with van der Waals surface area (Å²) in [4.78, 5) is 20.2. The number of Topliss-reactive ketones (excluding diaryl/α,β-unsaturated/α-hetero) is 1. The molecule has 0 N–H and O–H groups in total. The number of halogens is 1. The Morgan fingerprint density at radius 3 is 2.95 bits per heavy atom. The number of rotatable bonds is 5. The van der Waals surface area contributed by atoms with Crippen LogP contribution < -0.4 is 0 Å². The second kappa shape index (κ2) is 5.93. The molecule has 0 spiro atoms. The maximum absolute atomic E-state index is 12.2. The van der Waals surface area contributed by atoms with Crippen LogP contribution in [0.3, 0.4) is 0 Å². The average Bonchev–Trinajstić information content (AvgIpc) is 2.76. The van der Waals surface area contributed by atoms with Gasteiger partial charge in [0.25, 0.3) is 0 Å². The molecule has 0 aliphatic rings. The fourth-order valence-electron chi connectivity index (χ4n) is 1.76. The molecule has 0 amide bonds. The third kappa shape index (κ3) is 3.38. The van der Waals surface area contributed by atoms with E-state index in [0.717, 1.165) is 6.54 Å². The Labute approximate surface area is 116 Å². The van der Waals surface area contributed by atoms with Crippen LogP contribution in [-0.2, 0) is 13.0 Å². The van der Waals surface area contributed by atoms with Crippen LogP contribution in [-0.4, -0.2) is 25.5 Å². The highest BCUT2D eigenvalue weighted by Gasteiger charge is 2.15. The van der Waals surface area contributed by atoms with Crippen LogP contribution in [0.25, 0.3) is 0 Å². The lowest BCUT2D eigenvalue weighted by molar-refractivity contribution is 0.0989. The molecule has 100 valence electrons. The van der Waals surface area contributed by atoms with Crippen molar-refractivity contribution < 1.29 is 4.79 Å². The summed E-state index contributed by atoms with van der Waals surface area (Å²) in [5, 5.41) is 4.50. The van der Waals surface area contributed by atoms with Gasteiger partial charge in [-0.15, -0.1) is 0 Å². The minimum absolute atomic E-state index is 0.0783. The predicted molar refractivity (Wildman–Crippen MR) is 72.1 cm³/mol. The highest BCUT2D eigenvalue weighted by molar-refractivity contribution is 6.33. The molecule has 0 saturated carbocycles. The van der Waals surface area contributed by atoms with E-state index in [1.54, 1.807) is 16.9 Å². The fourth-order valence-corrected chi connectivity index (χ4v) is 1.99. The number of ketones is 1. The van der Waals surface area contributed by atoms with E-state index in [4.69, 9.17) is 11.6 Å². The van der Waals surface area contributed by atoms with Crippen LogP contribution >= 0.6 is 11.6 Å². The van der Waals surface area contributed by atoms with Gasteiger partial charge in [-0.25, -0.2) is 9.67 Å². The van der Waals surface area contributed by atoms with Crippen molar-refractivity contribution in [3.8, 4) is 0 Å². The molecular weight excluding hydrogens is 264 g/mol. The molecule has 0 aliphatic heterocycles. The molecule has 2 rings (SSSR count). The molecule has 2 heterocycles. The SMILES string of the molecule is CC(C)Cn1ncnc1CC(=O)c1ccncc1Cl. The monoisotopic (exact) mass is 278 g/mol. The highest BCUT2D eigenvalue weighted by Crippen LogP contribution is 2.15. The zero-order valence-corrected chi connectivity index (χ0v) is 11.6. The molecule has 19 heavy (non-hydrogen) atoms. The Balaban J connectivity index is 2.16. The summed E-state index contributed by atoms with van der Waals surface area (Å²) in [6.07, 6.45) is 4.68. The van der Waals surface area contributed by atoms with Gasteiger partial charge in [0.15, 0.2) is 5.78 Å². The Kier molecular flexibility index (Phi) is 4.27. The smallest absolute Gasteiger partial charge is 0.172 e. The van der Waals surface area contributed by atoms with Crippen molar-refractivity contribution in [1.82, 2.24) is 19.7 Å². The van der Waals surface area contributed by atoms with E-state index in [2.05, 4.69) is 28.9 Å². The third-order valence-electron chi connectivity index (χ3n) is 2.63. The summed E-state index contributed by atoms with van der Waals surface area (Å²) in [7, 11) is 0. The normalized spacial score (nSPS) is 10.9. The molecule has 0 radical (unpaired) electrons. The number of carbonyl (C=O) groups is 1. The van der Waals surface area contributed by atoms with Crippen LogP contribution in [0.1, 0.15) is 30.0 Å². The van der Waals surface area contributed by atoms with Gasteiger partial charge in [-0.1, -0.05) is 25.4 Å². The number of hydrogen-bond donors (Lipinski definition) is 0. The van der Waals surface area contributed by atoms with Gasteiger partial charge in [0.05, 0.1) is 11.4 Å². The fraction of sp³-hybridized carbons (Fsp3) is 0.385. The summed E-state index contributed by atoms with van der Waals surface area (Å²) in [6.45, 7) is 4.92. The number of hydrogen-bond acceptors (Lipinski definition) is 4. The Morgan fingerprint density at radius 2 is 2.26 bits per heavy atom. The summed E-state index contributed by atoms with van der Waals surface area (Å²) in [6, 6.07) is 1.62. The zero-order valence-electron chi connectivity index (χ0n) is 10.9. The first-order valence-electron chi connectivity index (χ1n) is 6.07. The number of nitrogens with zero attached hydrogens (tertiary/aromatic N) is 4. The molecule has 0 aliphatic carbocycles. The molecule has 0 fully saturated rings. The minimum atomic E-state index is -0.0783. The third-order valence-corrected chi connectivity index (χ3v) is 2.93. The Bertz CT molecular complexity index is 580. The lowest BCUT2D eigenvalue weighted by atomic mass is 10.1. The van der Waals surface area contributed by atoms with E-state index >= 15 is 0 Å². The van der Waals surface area contributed by atoms with Gasteiger partial charge in [-0.2, -0.15) is 5.10 Å². The topological polar surface area (TPSA) is 60.7 Å². The summed E-state index contributed by atoms with van der Waals surface area (Å²) < 4.78 is 1.76. The lowest BCUT2D eigenvalue weighted by Gasteiger charge is -2.08. The first-order chi connectivity index (χ1) is 9.08. The van der Waals surface area contributed by atoms with Crippen LogP contribution in [0, 0.1) is 5.92 Å². The van der Waals surface area contributed by atoms with Gasteiger partial charge in [0.2, 0.25) is 0 Å². The van der Waals surface area contributed by atoms with Crippen molar-refractivity contribution in [3.05, 3.63) is 41.2 Å². The van der Waals surface area contributed by atoms with Gasteiger partial charge >= 0.3 is 0 Å². The van der Waals surface area contributed by atoms with Crippen molar-refractivity contribution >= 4 is 17.4 Å². The van der Waals surface area contributed by atoms with E-state index < -0.39 is 0 Å². The van der Waals surface area contributed by atoms with Gasteiger partial charge in [-0.05, 0) is 12.0 Å². The average molecular weight is 279 g/mol. The van der Waals surface area contributed by atoms with E-state index in [1.807, 2.05) is 0 Å². The summed E-state index contributed by atoms with van der Waals surface area (Å²) in [5.41, 5.74) is 0.468. The predicted octanol–water partition coefficient (Wildman–Crippen LogP) is 2.41. The van der Waals surface area contributed by atoms with Crippen molar-refractivity contribution in [2.45, 2.75) is 26.8 Å². The molecule has 0 bridgehead atoms. The second-order valence-corrected chi connectivity index (χ2v) is 5.11.